The lowest BCUT2D eigenvalue weighted by molar-refractivity contribution is -0.384. The molecule has 0 spiro atoms. The number of rotatable bonds is 3. The highest BCUT2D eigenvalue weighted by atomic mass is 79.9. The van der Waals surface area contributed by atoms with Crippen LogP contribution >= 0.6 is 15.9 Å². The van der Waals surface area contributed by atoms with E-state index in [-0.39, 0.29) is 5.69 Å². The van der Waals surface area contributed by atoms with Gasteiger partial charge in [0.15, 0.2) is 0 Å². The quantitative estimate of drug-likeness (QED) is 0.604. The molecule has 0 saturated heterocycles. The van der Waals surface area contributed by atoms with Crippen molar-refractivity contribution in [3.8, 4) is 11.5 Å². The molecule has 0 heterocycles. The first-order chi connectivity index (χ1) is 8.99. The molecule has 5 heteroatoms. The number of benzene rings is 2. The molecule has 0 aliphatic heterocycles. The number of hydrogen-bond acceptors (Lipinski definition) is 3. The van der Waals surface area contributed by atoms with Gasteiger partial charge in [-0.3, -0.25) is 10.1 Å². The number of nitro groups is 1. The largest absolute Gasteiger partial charge is 0.456 e. The fraction of sp³-hybridized carbons (Fsp3) is 0.143. The highest BCUT2D eigenvalue weighted by molar-refractivity contribution is 9.10. The summed E-state index contributed by atoms with van der Waals surface area (Å²) in [6.07, 6.45) is 0. The van der Waals surface area contributed by atoms with E-state index in [2.05, 4.69) is 15.9 Å². The molecule has 19 heavy (non-hydrogen) atoms. The standard InChI is InChI=1S/C14H12BrNO3/c1-9-4-3-5-10(2)14(9)19-13-7-6-11(16(17)18)8-12(13)15/h3-8H,1-2H3. The molecular formula is C14H12BrNO3. The van der Waals surface area contributed by atoms with Crippen LogP contribution in [0.5, 0.6) is 11.5 Å². The molecule has 4 nitrogen and oxygen atoms in total. The van der Waals surface area contributed by atoms with Crippen LogP contribution in [0.3, 0.4) is 0 Å². The van der Waals surface area contributed by atoms with Gasteiger partial charge in [-0.05, 0) is 47.0 Å². The van der Waals surface area contributed by atoms with Crippen LogP contribution < -0.4 is 4.74 Å². The molecule has 98 valence electrons. The van der Waals surface area contributed by atoms with E-state index in [1.165, 1.54) is 12.1 Å². The second kappa shape index (κ2) is 5.40. The Bertz CT molecular complexity index is 620. The van der Waals surface area contributed by atoms with Crippen LogP contribution in [0.1, 0.15) is 11.1 Å². The van der Waals surface area contributed by atoms with Gasteiger partial charge in [0.2, 0.25) is 0 Å². The number of para-hydroxylation sites is 1. The van der Waals surface area contributed by atoms with Gasteiger partial charge in [0.05, 0.1) is 9.40 Å². The van der Waals surface area contributed by atoms with Gasteiger partial charge in [-0.2, -0.15) is 0 Å². The zero-order chi connectivity index (χ0) is 14.0. The molecule has 0 radical (unpaired) electrons. The minimum absolute atomic E-state index is 0.0285. The van der Waals surface area contributed by atoms with Crippen LogP contribution in [0.2, 0.25) is 0 Å². The van der Waals surface area contributed by atoms with Crippen LogP contribution in [0.4, 0.5) is 5.69 Å². The number of halogens is 1. The van der Waals surface area contributed by atoms with Gasteiger partial charge in [-0.1, -0.05) is 18.2 Å². The molecule has 2 aromatic carbocycles. The van der Waals surface area contributed by atoms with E-state index >= 15 is 0 Å². The van der Waals surface area contributed by atoms with E-state index in [1.807, 2.05) is 32.0 Å². The van der Waals surface area contributed by atoms with E-state index < -0.39 is 4.92 Å². The number of non-ortho nitro benzene ring substituents is 1. The molecule has 0 atom stereocenters. The highest BCUT2D eigenvalue weighted by Gasteiger charge is 2.12. The third kappa shape index (κ3) is 2.93. The number of hydrogen-bond donors (Lipinski definition) is 0. The summed E-state index contributed by atoms with van der Waals surface area (Å²) < 4.78 is 6.40. The van der Waals surface area contributed by atoms with Gasteiger partial charge >= 0.3 is 0 Å². The van der Waals surface area contributed by atoms with Crippen molar-refractivity contribution < 1.29 is 9.66 Å². The molecule has 0 bridgehead atoms. The SMILES string of the molecule is Cc1cccc(C)c1Oc1ccc([N+](=O)[O-])cc1Br. The summed E-state index contributed by atoms with van der Waals surface area (Å²) in [6.45, 7) is 3.92. The average molecular weight is 322 g/mol. The van der Waals surface area contributed by atoms with Crippen molar-refractivity contribution in [2.75, 3.05) is 0 Å². The van der Waals surface area contributed by atoms with E-state index in [0.29, 0.717) is 10.2 Å². The lowest BCUT2D eigenvalue weighted by Crippen LogP contribution is -1.93. The van der Waals surface area contributed by atoms with Crippen molar-refractivity contribution in [2.45, 2.75) is 13.8 Å². The molecule has 0 unspecified atom stereocenters. The third-order valence-electron chi connectivity index (χ3n) is 2.75. The van der Waals surface area contributed by atoms with E-state index in [0.717, 1.165) is 16.9 Å². The van der Waals surface area contributed by atoms with Gasteiger partial charge in [-0.25, -0.2) is 0 Å². The minimum Gasteiger partial charge on any atom is -0.456 e. The van der Waals surface area contributed by atoms with Crippen LogP contribution in [-0.2, 0) is 0 Å². The van der Waals surface area contributed by atoms with Crippen molar-refractivity contribution in [1.82, 2.24) is 0 Å². The Balaban J connectivity index is 2.36. The topological polar surface area (TPSA) is 52.4 Å². The van der Waals surface area contributed by atoms with Gasteiger partial charge < -0.3 is 4.74 Å². The smallest absolute Gasteiger partial charge is 0.270 e. The van der Waals surface area contributed by atoms with Crippen LogP contribution in [0.25, 0.3) is 0 Å². The molecule has 0 saturated carbocycles. The van der Waals surface area contributed by atoms with E-state index in [4.69, 9.17) is 4.74 Å². The Kier molecular flexibility index (Phi) is 3.85. The maximum Gasteiger partial charge on any atom is 0.270 e. The van der Waals surface area contributed by atoms with Gasteiger partial charge in [-0.15, -0.1) is 0 Å². The number of nitrogens with zero attached hydrogens (tertiary/aromatic N) is 1. The molecule has 0 aromatic heterocycles. The predicted octanol–water partition coefficient (Wildman–Crippen LogP) is 4.77. The molecule has 0 aliphatic rings. The minimum atomic E-state index is -0.437. The monoisotopic (exact) mass is 321 g/mol. The maximum atomic E-state index is 10.7. The summed E-state index contributed by atoms with van der Waals surface area (Å²) in [4.78, 5) is 10.2. The first-order valence-electron chi connectivity index (χ1n) is 5.67. The number of nitro benzene ring substituents is 1. The van der Waals surface area contributed by atoms with Crippen molar-refractivity contribution in [3.63, 3.8) is 0 Å². The normalized spacial score (nSPS) is 10.3. The lowest BCUT2D eigenvalue weighted by Gasteiger charge is -2.12. The Morgan fingerprint density at radius 1 is 1.16 bits per heavy atom. The van der Waals surface area contributed by atoms with Gasteiger partial charge in [0.25, 0.3) is 5.69 Å². The van der Waals surface area contributed by atoms with Crippen LogP contribution in [0.15, 0.2) is 40.9 Å². The van der Waals surface area contributed by atoms with Gasteiger partial charge in [0.1, 0.15) is 11.5 Å². The second-order valence-corrected chi connectivity index (χ2v) is 5.05. The summed E-state index contributed by atoms with van der Waals surface area (Å²) in [5.41, 5.74) is 2.07. The summed E-state index contributed by atoms with van der Waals surface area (Å²) >= 11 is 3.29. The molecular weight excluding hydrogens is 310 g/mol. The second-order valence-electron chi connectivity index (χ2n) is 4.19. The van der Waals surface area contributed by atoms with Crippen molar-refractivity contribution in [2.24, 2.45) is 0 Å². The Morgan fingerprint density at radius 3 is 2.32 bits per heavy atom. The van der Waals surface area contributed by atoms with Gasteiger partial charge in [0, 0.05) is 12.1 Å². The third-order valence-corrected chi connectivity index (χ3v) is 3.37. The van der Waals surface area contributed by atoms with E-state index in [1.54, 1.807) is 6.07 Å². The van der Waals surface area contributed by atoms with Crippen LogP contribution in [-0.4, -0.2) is 4.92 Å². The Labute approximate surface area is 119 Å². The fourth-order valence-electron chi connectivity index (χ4n) is 1.76. The Morgan fingerprint density at radius 2 is 1.79 bits per heavy atom. The zero-order valence-electron chi connectivity index (χ0n) is 10.5. The maximum absolute atomic E-state index is 10.7. The first-order valence-corrected chi connectivity index (χ1v) is 6.46. The molecule has 2 aromatic rings. The molecule has 2 rings (SSSR count). The lowest BCUT2D eigenvalue weighted by atomic mass is 10.1. The number of aryl methyl sites for hydroxylation is 2. The van der Waals surface area contributed by atoms with Crippen LogP contribution in [0, 0.1) is 24.0 Å². The summed E-state index contributed by atoms with van der Waals surface area (Å²) in [7, 11) is 0. The summed E-state index contributed by atoms with van der Waals surface area (Å²) in [6, 6.07) is 10.3. The van der Waals surface area contributed by atoms with Crippen molar-refractivity contribution in [3.05, 3.63) is 62.1 Å². The van der Waals surface area contributed by atoms with Crippen molar-refractivity contribution in [1.29, 1.82) is 0 Å². The highest BCUT2D eigenvalue weighted by Crippen LogP contribution is 2.35. The molecule has 0 N–H and O–H groups in total. The first kappa shape index (κ1) is 13.5. The summed E-state index contributed by atoms with van der Waals surface area (Å²) in [5, 5.41) is 10.7. The van der Waals surface area contributed by atoms with E-state index in [9.17, 15) is 10.1 Å². The Hall–Kier alpha value is -1.88. The molecule has 0 aliphatic carbocycles. The zero-order valence-corrected chi connectivity index (χ0v) is 12.1. The number of ether oxygens (including phenoxy) is 1. The average Bonchev–Trinajstić information content (AvgIpc) is 2.35. The van der Waals surface area contributed by atoms with Crippen molar-refractivity contribution >= 4 is 21.6 Å². The predicted molar refractivity (Wildman–Crippen MR) is 76.8 cm³/mol. The molecule has 0 fully saturated rings. The summed E-state index contributed by atoms with van der Waals surface area (Å²) in [5.74, 6) is 1.33. The molecule has 0 amide bonds. The fourth-order valence-corrected chi connectivity index (χ4v) is 2.20.